The molecular formula is C18H19ClO7. The average molecular weight is 383 g/mol. The highest BCUT2D eigenvalue weighted by Gasteiger charge is 2.41. The van der Waals surface area contributed by atoms with Crippen LogP contribution < -0.4 is 0 Å². The number of aliphatic hydroxyl groups excluding tert-OH is 2. The van der Waals surface area contributed by atoms with Gasteiger partial charge in [-0.05, 0) is 19.1 Å². The summed E-state index contributed by atoms with van der Waals surface area (Å²) >= 11 is 6.04. The van der Waals surface area contributed by atoms with Gasteiger partial charge in [0, 0.05) is 24.5 Å². The molecule has 26 heavy (non-hydrogen) atoms. The van der Waals surface area contributed by atoms with E-state index in [1.165, 1.54) is 12.2 Å². The van der Waals surface area contributed by atoms with Gasteiger partial charge in [-0.3, -0.25) is 0 Å². The molecule has 4 atom stereocenters. The molecule has 0 radical (unpaired) electrons. The smallest absolute Gasteiger partial charge is 0.342 e. The highest BCUT2D eigenvalue weighted by molar-refractivity contribution is 6.34. The first-order valence-corrected chi connectivity index (χ1v) is 8.52. The number of phenols is 2. The third-order valence-corrected chi connectivity index (χ3v) is 4.68. The minimum absolute atomic E-state index is 0.0874. The molecule has 0 bridgehead atoms. The molecule has 4 N–H and O–H groups in total. The van der Waals surface area contributed by atoms with Gasteiger partial charge >= 0.3 is 5.97 Å². The summed E-state index contributed by atoms with van der Waals surface area (Å²) in [6.45, 7) is 1.69. The number of cyclic esters (lactones) is 1. The van der Waals surface area contributed by atoms with Crippen molar-refractivity contribution in [3.8, 4) is 11.5 Å². The standard InChI is InChI=1S/C18H19ClO7/c1-8-4-14-15(26-14)6-10(21)3-2-9(20)5-11-16(18(24)25-8)12(22)7-13(23)17(11)19/h2-3,5,7-8,10,14-15,20-23H,4,6H2,1H3/t8-,10-,14-,15+/m0/s1. The van der Waals surface area contributed by atoms with Gasteiger partial charge in [0.25, 0.3) is 0 Å². The zero-order valence-corrected chi connectivity index (χ0v) is 14.7. The number of aromatic hydroxyl groups is 2. The van der Waals surface area contributed by atoms with Crippen LogP contribution in [0.4, 0.5) is 0 Å². The van der Waals surface area contributed by atoms with Crippen LogP contribution in [0.15, 0.2) is 24.0 Å². The van der Waals surface area contributed by atoms with Crippen LogP contribution in [0.5, 0.6) is 11.5 Å². The number of allylic oxidation sites excluding steroid dienone is 1. The molecule has 0 spiro atoms. The Morgan fingerprint density at radius 3 is 2.58 bits per heavy atom. The van der Waals surface area contributed by atoms with E-state index in [4.69, 9.17) is 21.1 Å². The van der Waals surface area contributed by atoms with E-state index in [1.54, 1.807) is 6.92 Å². The topological polar surface area (TPSA) is 120 Å². The summed E-state index contributed by atoms with van der Waals surface area (Å²) in [6.07, 6.45) is 2.91. The van der Waals surface area contributed by atoms with Crippen LogP contribution in [0.1, 0.15) is 35.7 Å². The van der Waals surface area contributed by atoms with Gasteiger partial charge in [-0.2, -0.15) is 0 Å². The van der Waals surface area contributed by atoms with Crippen molar-refractivity contribution >= 4 is 23.6 Å². The normalized spacial score (nSPS) is 29.0. The predicted octanol–water partition coefficient (Wildman–Crippen LogP) is 2.67. The summed E-state index contributed by atoms with van der Waals surface area (Å²) in [5.74, 6) is -2.15. The number of aliphatic hydroxyl groups is 2. The first-order chi connectivity index (χ1) is 12.3. The average Bonchev–Trinajstić information content (AvgIpc) is 3.26. The minimum atomic E-state index is -0.839. The van der Waals surface area contributed by atoms with Gasteiger partial charge in [0.1, 0.15) is 28.9 Å². The maximum Gasteiger partial charge on any atom is 0.342 e. The van der Waals surface area contributed by atoms with Crippen LogP contribution in [0, 0.1) is 0 Å². The van der Waals surface area contributed by atoms with E-state index in [2.05, 4.69) is 0 Å². The summed E-state index contributed by atoms with van der Waals surface area (Å²) in [4.78, 5) is 12.5. The maximum absolute atomic E-state index is 12.5. The Hall–Kier alpha value is -2.22. The second kappa shape index (κ2) is 7.19. The van der Waals surface area contributed by atoms with Gasteiger partial charge in [0.15, 0.2) is 0 Å². The zero-order valence-electron chi connectivity index (χ0n) is 13.9. The molecule has 0 amide bonds. The predicted molar refractivity (Wildman–Crippen MR) is 93.3 cm³/mol. The lowest BCUT2D eigenvalue weighted by atomic mass is 10.0. The number of phenolic OH excluding ortho intramolecular Hbond substituents is 2. The fraction of sp³-hybridized carbons (Fsp3) is 0.389. The van der Waals surface area contributed by atoms with E-state index in [0.717, 1.165) is 12.1 Å². The van der Waals surface area contributed by atoms with Crippen molar-refractivity contribution in [1.82, 2.24) is 0 Å². The Labute approximate surface area is 154 Å². The molecule has 1 aromatic carbocycles. The molecule has 8 heteroatoms. The summed E-state index contributed by atoms with van der Waals surface area (Å²) in [5.41, 5.74) is -0.360. The van der Waals surface area contributed by atoms with Gasteiger partial charge in [0.05, 0.1) is 23.3 Å². The minimum Gasteiger partial charge on any atom is -0.508 e. The molecule has 1 fully saturated rings. The number of esters is 1. The highest BCUT2D eigenvalue weighted by atomic mass is 35.5. The van der Waals surface area contributed by atoms with Crippen LogP contribution in [-0.2, 0) is 9.47 Å². The molecule has 2 aliphatic heterocycles. The molecule has 0 unspecified atom stereocenters. The van der Waals surface area contributed by atoms with Crippen molar-refractivity contribution in [2.24, 2.45) is 0 Å². The molecule has 0 saturated carbocycles. The molecule has 2 heterocycles. The number of fused-ring (bicyclic) bond motifs is 2. The van der Waals surface area contributed by atoms with E-state index in [1.807, 2.05) is 0 Å². The second-order valence-electron chi connectivity index (χ2n) is 6.41. The van der Waals surface area contributed by atoms with Gasteiger partial charge in [0.2, 0.25) is 0 Å². The molecule has 1 saturated heterocycles. The first kappa shape index (κ1) is 18.6. The van der Waals surface area contributed by atoms with Crippen LogP contribution in [0.2, 0.25) is 5.02 Å². The fourth-order valence-electron chi connectivity index (χ4n) is 2.93. The number of hydrogen-bond donors (Lipinski definition) is 4. The lowest BCUT2D eigenvalue weighted by Gasteiger charge is -2.16. The van der Waals surface area contributed by atoms with E-state index in [-0.39, 0.29) is 34.1 Å². The lowest BCUT2D eigenvalue weighted by molar-refractivity contribution is 0.0306. The fourth-order valence-corrected chi connectivity index (χ4v) is 3.14. The number of benzene rings is 1. The molecule has 0 aliphatic carbocycles. The van der Waals surface area contributed by atoms with E-state index in [0.29, 0.717) is 12.8 Å². The number of halogens is 1. The number of epoxide rings is 1. The van der Waals surface area contributed by atoms with Crippen LogP contribution in [0.3, 0.4) is 0 Å². The largest absolute Gasteiger partial charge is 0.508 e. The molecule has 7 nitrogen and oxygen atoms in total. The highest BCUT2D eigenvalue weighted by Crippen LogP contribution is 2.38. The summed E-state index contributed by atoms with van der Waals surface area (Å²) < 4.78 is 10.8. The lowest BCUT2D eigenvalue weighted by Crippen LogP contribution is -2.19. The van der Waals surface area contributed by atoms with Crippen molar-refractivity contribution in [3.63, 3.8) is 0 Å². The number of ether oxygens (including phenoxy) is 2. The molecule has 0 aromatic heterocycles. The van der Waals surface area contributed by atoms with Crippen molar-refractivity contribution in [1.29, 1.82) is 0 Å². The third kappa shape index (κ3) is 3.95. The molecule has 1 aromatic rings. The number of carbonyl (C=O) groups excluding carboxylic acids is 1. The molecule has 2 aliphatic rings. The Balaban J connectivity index is 2.06. The molecule has 140 valence electrons. The van der Waals surface area contributed by atoms with Crippen LogP contribution >= 0.6 is 11.6 Å². The van der Waals surface area contributed by atoms with Crippen molar-refractivity contribution in [3.05, 3.63) is 40.1 Å². The Kier molecular flexibility index (Phi) is 5.13. The van der Waals surface area contributed by atoms with Gasteiger partial charge in [-0.25, -0.2) is 4.79 Å². The second-order valence-corrected chi connectivity index (χ2v) is 6.79. The zero-order chi connectivity index (χ0) is 19.0. The first-order valence-electron chi connectivity index (χ1n) is 8.14. The van der Waals surface area contributed by atoms with E-state index in [9.17, 15) is 25.2 Å². The monoisotopic (exact) mass is 382 g/mol. The number of hydrogen-bond acceptors (Lipinski definition) is 7. The quantitative estimate of drug-likeness (QED) is 0.402. The van der Waals surface area contributed by atoms with Crippen LogP contribution in [0.25, 0.3) is 6.08 Å². The van der Waals surface area contributed by atoms with Gasteiger partial charge < -0.3 is 29.9 Å². The number of rotatable bonds is 0. The van der Waals surface area contributed by atoms with Crippen molar-refractivity contribution in [2.75, 3.05) is 0 Å². The van der Waals surface area contributed by atoms with Crippen molar-refractivity contribution in [2.45, 2.75) is 44.2 Å². The maximum atomic E-state index is 12.5. The Morgan fingerprint density at radius 1 is 1.15 bits per heavy atom. The van der Waals surface area contributed by atoms with Gasteiger partial charge in [-0.15, -0.1) is 0 Å². The molecule has 3 rings (SSSR count). The van der Waals surface area contributed by atoms with Crippen molar-refractivity contribution < 1.29 is 34.7 Å². The Bertz CT molecular complexity index is 786. The third-order valence-electron chi connectivity index (χ3n) is 4.28. The van der Waals surface area contributed by atoms with Crippen LogP contribution in [-0.4, -0.2) is 50.8 Å². The summed E-state index contributed by atoms with van der Waals surface area (Å²) in [5, 5.41) is 39.7. The van der Waals surface area contributed by atoms with Gasteiger partial charge in [-0.1, -0.05) is 17.7 Å². The Morgan fingerprint density at radius 2 is 1.85 bits per heavy atom. The summed E-state index contributed by atoms with van der Waals surface area (Å²) in [7, 11) is 0. The van der Waals surface area contributed by atoms with E-state index >= 15 is 0 Å². The van der Waals surface area contributed by atoms with E-state index < -0.39 is 29.7 Å². The number of carbonyl (C=O) groups is 1. The SMILES string of the molecule is C[C@H]1C[C@@H]2O[C@@H]2C[C@@H](O)C=CC(O)=Cc2c(Cl)c(O)cc(O)c2C(=O)O1. The molecular weight excluding hydrogens is 364 g/mol. The summed E-state index contributed by atoms with van der Waals surface area (Å²) in [6, 6.07) is 0.931.